The number of para-hydroxylation sites is 1. The van der Waals surface area contributed by atoms with Crippen LogP contribution in [0.3, 0.4) is 0 Å². The molecule has 1 aromatic rings. The van der Waals surface area contributed by atoms with Crippen molar-refractivity contribution in [1.82, 2.24) is 0 Å². The molecule has 0 radical (unpaired) electrons. The Morgan fingerprint density at radius 3 is 3.00 bits per heavy atom. The molecule has 2 unspecified atom stereocenters. The fraction of sp³-hybridized carbons (Fsp3) is 0.429. The molecule has 0 bridgehead atoms. The summed E-state index contributed by atoms with van der Waals surface area (Å²) >= 11 is 0. The van der Waals surface area contributed by atoms with Crippen molar-refractivity contribution in [3.05, 3.63) is 30.3 Å². The van der Waals surface area contributed by atoms with Gasteiger partial charge in [0, 0.05) is 6.42 Å². The summed E-state index contributed by atoms with van der Waals surface area (Å²) in [6.07, 6.45) is 2.60. The van der Waals surface area contributed by atoms with E-state index in [0.29, 0.717) is 12.2 Å². The molecule has 2 aliphatic rings. The first-order valence-corrected chi connectivity index (χ1v) is 6.22. The van der Waals surface area contributed by atoms with Gasteiger partial charge < -0.3 is 9.57 Å². The Morgan fingerprint density at radius 1 is 1.44 bits per heavy atom. The number of nitrogens with zero attached hydrogens (tertiary/aromatic N) is 1. The fourth-order valence-corrected chi connectivity index (χ4v) is 2.81. The minimum absolute atomic E-state index is 0.0775. The Morgan fingerprint density at radius 2 is 2.22 bits per heavy atom. The zero-order valence-corrected chi connectivity index (χ0v) is 10.3. The van der Waals surface area contributed by atoms with Crippen molar-refractivity contribution in [2.75, 3.05) is 0 Å². The van der Waals surface area contributed by atoms with Crippen LogP contribution in [0.4, 0.5) is 0 Å². The lowest BCUT2D eigenvalue weighted by Gasteiger charge is -2.24. The van der Waals surface area contributed by atoms with Crippen molar-refractivity contribution in [1.29, 1.82) is 0 Å². The second-order valence-electron chi connectivity index (χ2n) is 4.86. The van der Waals surface area contributed by atoms with Gasteiger partial charge in [-0.1, -0.05) is 23.4 Å². The summed E-state index contributed by atoms with van der Waals surface area (Å²) < 4.78 is 5.41. The van der Waals surface area contributed by atoms with Crippen LogP contribution in [0, 0.1) is 5.92 Å². The van der Waals surface area contributed by atoms with Crippen LogP contribution in [-0.2, 0) is 9.63 Å². The molecule has 94 valence electrons. The third-order valence-corrected chi connectivity index (χ3v) is 3.76. The van der Waals surface area contributed by atoms with Gasteiger partial charge in [-0.25, -0.2) is 4.79 Å². The van der Waals surface area contributed by atoms with Gasteiger partial charge in [0.05, 0.1) is 11.6 Å². The minimum atomic E-state index is -0.875. The van der Waals surface area contributed by atoms with Crippen molar-refractivity contribution >= 4 is 11.7 Å². The zero-order valence-electron chi connectivity index (χ0n) is 10.3. The van der Waals surface area contributed by atoms with Gasteiger partial charge in [0.1, 0.15) is 5.75 Å². The number of rotatable bonds is 2. The van der Waals surface area contributed by atoms with Crippen LogP contribution in [0.5, 0.6) is 5.75 Å². The van der Waals surface area contributed by atoms with Gasteiger partial charge in [0.15, 0.2) is 0 Å². The topological polar surface area (TPSA) is 47.9 Å². The fourth-order valence-electron chi connectivity index (χ4n) is 2.81. The molecule has 0 N–H and O–H groups in total. The first-order chi connectivity index (χ1) is 8.72. The second kappa shape index (κ2) is 4.12. The molecule has 2 atom stereocenters. The summed E-state index contributed by atoms with van der Waals surface area (Å²) in [4.78, 5) is 17.8. The van der Waals surface area contributed by atoms with Gasteiger partial charge in [-0.15, -0.1) is 0 Å². The van der Waals surface area contributed by atoms with E-state index in [1.54, 1.807) is 12.1 Å². The maximum absolute atomic E-state index is 12.3. The van der Waals surface area contributed by atoms with E-state index in [4.69, 9.17) is 9.57 Å². The molecule has 1 aliphatic carbocycles. The largest absolute Gasteiger partial charge is 0.423 e. The quantitative estimate of drug-likeness (QED) is 0.594. The highest BCUT2D eigenvalue weighted by Crippen LogP contribution is 2.44. The summed E-state index contributed by atoms with van der Waals surface area (Å²) in [5.41, 5.74) is 0.0254. The molecule has 1 aromatic carbocycles. The van der Waals surface area contributed by atoms with Crippen LogP contribution in [-0.4, -0.2) is 17.3 Å². The summed E-state index contributed by atoms with van der Waals surface area (Å²) in [6, 6.07) is 9.09. The van der Waals surface area contributed by atoms with Crippen molar-refractivity contribution in [3.8, 4) is 5.75 Å². The van der Waals surface area contributed by atoms with Crippen molar-refractivity contribution in [3.63, 3.8) is 0 Å². The average Bonchev–Trinajstić information content (AvgIpc) is 2.93. The van der Waals surface area contributed by atoms with E-state index in [2.05, 4.69) is 5.16 Å². The number of carbonyl (C=O) groups excluding carboxylic acids is 1. The Kier molecular flexibility index (Phi) is 2.58. The number of hydrogen-bond donors (Lipinski definition) is 0. The van der Waals surface area contributed by atoms with Gasteiger partial charge in [0.2, 0.25) is 5.60 Å². The van der Waals surface area contributed by atoms with Crippen molar-refractivity contribution < 1.29 is 14.4 Å². The molecular formula is C14H15NO3. The number of esters is 1. The number of hydrogen-bond acceptors (Lipinski definition) is 4. The minimum Gasteiger partial charge on any atom is -0.423 e. The van der Waals surface area contributed by atoms with Crippen LogP contribution in [0.15, 0.2) is 35.5 Å². The lowest BCUT2D eigenvalue weighted by molar-refractivity contribution is -0.161. The maximum atomic E-state index is 12.3. The van der Waals surface area contributed by atoms with Crippen LogP contribution in [0.2, 0.25) is 0 Å². The second-order valence-corrected chi connectivity index (χ2v) is 4.86. The summed E-state index contributed by atoms with van der Waals surface area (Å²) in [6.45, 7) is 1.91. The van der Waals surface area contributed by atoms with E-state index >= 15 is 0 Å². The molecule has 1 saturated carbocycles. The van der Waals surface area contributed by atoms with E-state index in [1.165, 1.54) is 0 Å². The van der Waals surface area contributed by atoms with E-state index < -0.39 is 5.60 Å². The zero-order chi connectivity index (χ0) is 12.6. The number of ether oxygens (including phenoxy) is 1. The van der Waals surface area contributed by atoms with Gasteiger partial charge in [-0.3, -0.25) is 0 Å². The molecule has 4 heteroatoms. The summed E-state index contributed by atoms with van der Waals surface area (Å²) in [5, 5.41) is 3.97. The Balaban J connectivity index is 1.81. The summed E-state index contributed by atoms with van der Waals surface area (Å²) in [5.74, 6) is 0.307. The normalized spacial score (nSPS) is 29.4. The Labute approximate surface area is 106 Å². The number of oxime groups is 1. The molecule has 1 fully saturated rings. The SMILES string of the molecule is CC1=NOC2(C(=O)Oc3ccccc3)CCCC12. The molecule has 1 heterocycles. The third-order valence-electron chi connectivity index (χ3n) is 3.76. The molecule has 3 rings (SSSR count). The average molecular weight is 245 g/mol. The van der Waals surface area contributed by atoms with E-state index in [0.717, 1.165) is 18.6 Å². The van der Waals surface area contributed by atoms with Crippen molar-refractivity contribution in [2.45, 2.75) is 31.8 Å². The first kappa shape index (κ1) is 11.3. The van der Waals surface area contributed by atoms with Gasteiger partial charge >= 0.3 is 5.97 Å². The number of benzene rings is 1. The molecule has 4 nitrogen and oxygen atoms in total. The van der Waals surface area contributed by atoms with Gasteiger partial charge in [-0.05, 0) is 31.9 Å². The summed E-state index contributed by atoms with van der Waals surface area (Å²) in [7, 11) is 0. The van der Waals surface area contributed by atoms with Crippen LogP contribution in [0.1, 0.15) is 26.2 Å². The molecule has 0 saturated heterocycles. The predicted octanol–water partition coefficient (Wildman–Crippen LogP) is 2.54. The number of carbonyl (C=O) groups is 1. The highest BCUT2D eigenvalue weighted by molar-refractivity contribution is 5.95. The Hall–Kier alpha value is -1.84. The molecular weight excluding hydrogens is 230 g/mol. The molecule has 18 heavy (non-hydrogen) atoms. The van der Waals surface area contributed by atoms with Crippen LogP contribution < -0.4 is 4.74 Å². The smallest absolute Gasteiger partial charge is 0.359 e. The van der Waals surface area contributed by atoms with E-state index in [1.807, 2.05) is 25.1 Å². The van der Waals surface area contributed by atoms with E-state index in [9.17, 15) is 4.79 Å². The van der Waals surface area contributed by atoms with Crippen LogP contribution in [0.25, 0.3) is 0 Å². The van der Waals surface area contributed by atoms with Crippen LogP contribution >= 0.6 is 0 Å². The Bertz CT molecular complexity index is 497. The number of fused-ring (bicyclic) bond motifs is 1. The van der Waals surface area contributed by atoms with Crippen molar-refractivity contribution in [2.24, 2.45) is 11.1 Å². The standard InChI is InChI=1S/C14H15NO3/c1-10-12-8-5-9-14(12,18-15-10)13(16)17-11-6-3-2-4-7-11/h2-4,6-7,12H,5,8-9H2,1H3. The molecule has 0 spiro atoms. The lowest BCUT2D eigenvalue weighted by Crippen LogP contribution is -2.45. The predicted molar refractivity (Wildman–Crippen MR) is 66.3 cm³/mol. The molecule has 0 amide bonds. The molecule has 0 aromatic heterocycles. The lowest BCUT2D eigenvalue weighted by atomic mass is 9.88. The van der Waals surface area contributed by atoms with Gasteiger partial charge in [0.25, 0.3) is 0 Å². The third kappa shape index (κ3) is 1.60. The first-order valence-electron chi connectivity index (χ1n) is 6.22. The van der Waals surface area contributed by atoms with E-state index in [-0.39, 0.29) is 11.9 Å². The highest BCUT2D eigenvalue weighted by atomic mass is 16.7. The monoisotopic (exact) mass is 245 g/mol. The van der Waals surface area contributed by atoms with Gasteiger partial charge in [-0.2, -0.15) is 0 Å². The maximum Gasteiger partial charge on any atom is 0.359 e. The highest BCUT2D eigenvalue weighted by Gasteiger charge is 2.58. The molecule has 1 aliphatic heterocycles.